The van der Waals surface area contributed by atoms with Crippen molar-refractivity contribution in [3.63, 3.8) is 0 Å². The Labute approximate surface area is 166 Å². The Morgan fingerprint density at radius 2 is 1.71 bits per heavy atom. The summed E-state index contributed by atoms with van der Waals surface area (Å²) in [6.45, 7) is 2.24. The molecule has 2 rings (SSSR count). The number of ether oxygens (including phenoxy) is 2. The van der Waals surface area contributed by atoms with Crippen molar-refractivity contribution < 1.29 is 22.7 Å². The van der Waals surface area contributed by atoms with Gasteiger partial charge in [0.15, 0.2) is 11.5 Å². The SMILES string of the molecule is CCCNC(=O)CN(Cc1ccccc1)S(=O)(=O)c1ccc(OC)c(OC)c1. The first-order valence-electron chi connectivity index (χ1n) is 8.95. The fourth-order valence-electron chi connectivity index (χ4n) is 2.62. The smallest absolute Gasteiger partial charge is 0.243 e. The third-order valence-corrected chi connectivity index (χ3v) is 5.87. The van der Waals surface area contributed by atoms with Crippen molar-refractivity contribution in [1.29, 1.82) is 0 Å². The summed E-state index contributed by atoms with van der Waals surface area (Å²) in [5.74, 6) is 0.386. The van der Waals surface area contributed by atoms with Crippen molar-refractivity contribution in [2.24, 2.45) is 0 Å². The molecular weight excluding hydrogens is 380 g/mol. The predicted molar refractivity (Wildman–Crippen MR) is 107 cm³/mol. The Bertz CT molecular complexity index is 885. The molecule has 0 radical (unpaired) electrons. The van der Waals surface area contributed by atoms with Gasteiger partial charge in [-0.2, -0.15) is 4.31 Å². The van der Waals surface area contributed by atoms with Gasteiger partial charge in [0.05, 0.1) is 25.7 Å². The van der Waals surface area contributed by atoms with Gasteiger partial charge in [0.25, 0.3) is 0 Å². The third kappa shape index (κ3) is 5.46. The largest absolute Gasteiger partial charge is 0.493 e. The molecular formula is C20H26N2O5S. The number of hydrogen-bond donors (Lipinski definition) is 1. The number of rotatable bonds is 10. The minimum atomic E-state index is -3.94. The van der Waals surface area contributed by atoms with Gasteiger partial charge in [0, 0.05) is 19.2 Å². The van der Waals surface area contributed by atoms with Crippen LogP contribution in [0.1, 0.15) is 18.9 Å². The summed E-state index contributed by atoms with van der Waals surface area (Å²) in [5.41, 5.74) is 0.787. The van der Waals surface area contributed by atoms with Crippen molar-refractivity contribution in [3.8, 4) is 11.5 Å². The van der Waals surface area contributed by atoms with Crippen LogP contribution < -0.4 is 14.8 Å². The van der Waals surface area contributed by atoms with Crippen molar-refractivity contribution in [2.45, 2.75) is 24.8 Å². The molecule has 8 heteroatoms. The monoisotopic (exact) mass is 406 g/mol. The quantitative estimate of drug-likeness (QED) is 0.655. The van der Waals surface area contributed by atoms with Crippen molar-refractivity contribution >= 4 is 15.9 Å². The molecule has 0 atom stereocenters. The topological polar surface area (TPSA) is 84.9 Å². The highest BCUT2D eigenvalue weighted by molar-refractivity contribution is 7.89. The standard InChI is InChI=1S/C20H26N2O5S/c1-4-12-21-20(23)15-22(14-16-8-6-5-7-9-16)28(24,25)17-10-11-18(26-2)19(13-17)27-3/h5-11,13H,4,12,14-15H2,1-3H3,(H,21,23). The van der Waals surface area contributed by atoms with Gasteiger partial charge in [0.1, 0.15) is 0 Å². The number of nitrogens with zero attached hydrogens (tertiary/aromatic N) is 1. The first kappa shape index (κ1) is 21.7. The second kappa shape index (κ2) is 10.1. The molecule has 0 saturated heterocycles. The number of carbonyl (C=O) groups excluding carboxylic acids is 1. The average molecular weight is 407 g/mol. The summed E-state index contributed by atoms with van der Waals surface area (Å²) in [6.07, 6.45) is 0.771. The van der Waals surface area contributed by atoms with E-state index in [9.17, 15) is 13.2 Å². The predicted octanol–water partition coefficient (Wildman–Crippen LogP) is 2.42. The zero-order valence-corrected chi connectivity index (χ0v) is 17.2. The van der Waals surface area contributed by atoms with Crippen LogP contribution in [0.25, 0.3) is 0 Å². The summed E-state index contributed by atoms with van der Waals surface area (Å²) in [6, 6.07) is 13.5. The highest BCUT2D eigenvalue weighted by Gasteiger charge is 2.28. The third-order valence-electron chi connectivity index (χ3n) is 4.09. The van der Waals surface area contributed by atoms with Crippen LogP contribution in [-0.2, 0) is 21.4 Å². The number of amides is 1. The van der Waals surface area contributed by atoms with E-state index >= 15 is 0 Å². The highest BCUT2D eigenvalue weighted by atomic mass is 32.2. The molecule has 0 bridgehead atoms. The average Bonchev–Trinajstić information content (AvgIpc) is 2.71. The van der Waals surface area contributed by atoms with Crippen molar-refractivity contribution in [3.05, 3.63) is 54.1 Å². The van der Waals surface area contributed by atoms with Gasteiger partial charge in [-0.15, -0.1) is 0 Å². The van der Waals surface area contributed by atoms with Crippen LogP contribution in [0.4, 0.5) is 0 Å². The summed E-state index contributed by atoms with van der Waals surface area (Å²) in [7, 11) is -1.02. The van der Waals surface area contributed by atoms with E-state index in [1.165, 1.54) is 32.4 Å². The molecule has 2 aromatic rings. The number of hydrogen-bond acceptors (Lipinski definition) is 5. The van der Waals surface area contributed by atoms with Crippen LogP contribution in [0, 0.1) is 0 Å². The Morgan fingerprint density at radius 3 is 2.32 bits per heavy atom. The van der Waals surface area contributed by atoms with Gasteiger partial charge in [-0.05, 0) is 24.1 Å². The molecule has 1 amide bonds. The Balaban J connectivity index is 2.37. The molecule has 0 heterocycles. The lowest BCUT2D eigenvalue weighted by Crippen LogP contribution is -2.40. The summed E-state index contributed by atoms with van der Waals surface area (Å²) >= 11 is 0. The van der Waals surface area contributed by atoms with E-state index in [2.05, 4.69) is 5.32 Å². The Hall–Kier alpha value is -2.58. The van der Waals surface area contributed by atoms with Gasteiger partial charge in [-0.1, -0.05) is 37.3 Å². The molecule has 152 valence electrons. The molecule has 0 fully saturated rings. The molecule has 28 heavy (non-hydrogen) atoms. The van der Waals surface area contributed by atoms with Crippen molar-refractivity contribution in [2.75, 3.05) is 27.3 Å². The fourth-order valence-corrected chi connectivity index (χ4v) is 4.02. The molecule has 1 N–H and O–H groups in total. The lowest BCUT2D eigenvalue weighted by molar-refractivity contribution is -0.121. The molecule has 0 aliphatic rings. The van der Waals surface area contributed by atoms with Crippen LogP contribution in [0.15, 0.2) is 53.4 Å². The van der Waals surface area contributed by atoms with Crippen LogP contribution in [0.3, 0.4) is 0 Å². The lowest BCUT2D eigenvalue weighted by Gasteiger charge is -2.22. The maximum Gasteiger partial charge on any atom is 0.243 e. The summed E-state index contributed by atoms with van der Waals surface area (Å²) < 4.78 is 38.1. The highest BCUT2D eigenvalue weighted by Crippen LogP contribution is 2.31. The van der Waals surface area contributed by atoms with Gasteiger partial charge in [-0.3, -0.25) is 4.79 Å². The molecule has 0 spiro atoms. The lowest BCUT2D eigenvalue weighted by atomic mass is 10.2. The van der Waals surface area contributed by atoms with Crippen LogP contribution >= 0.6 is 0 Å². The summed E-state index contributed by atoms with van der Waals surface area (Å²) in [5, 5.41) is 2.72. The van der Waals surface area contributed by atoms with E-state index in [1.807, 2.05) is 37.3 Å². The molecule has 0 aliphatic heterocycles. The molecule has 0 aromatic heterocycles. The van der Waals surface area contributed by atoms with E-state index < -0.39 is 10.0 Å². The zero-order chi connectivity index (χ0) is 20.6. The first-order valence-corrected chi connectivity index (χ1v) is 10.4. The number of sulfonamides is 1. The molecule has 0 unspecified atom stereocenters. The minimum absolute atomic E-state index is 0.0318. The van der Waals surface area contributed by atoms with Crippen LogP contribution in [0.5, 0.6) is 11.5 Å². The number of carbonyl (C=O) groups is 1. The maximum absolute atomic E-state index is 13.3. The maximum atomic E-state index is 13.3. The second-order valence-electron chi connectivity index (χ2n) is 6.13. The van der Waals surface area contributed by atoms with E-state index in [0.29, 0.717) is 18.0 Å². The van der Waals surface area contributed by atoms with Crippen molar-refractivity contribution in [1.82, 2.24) is 9.62 Å². The number of nitrogens with one attached hydrogen (secondary N) is 1. The van der Waals surface area contributed by atoms with Gasteiger partial charge < -0.3 is 14.8 Å². The Kier molecular flexibility index (Phi) is 7.83. The van der Waals surface area contributed by atoms with Crippen LogP contribution in [-0.4, -0.2) is 45.9 Å². The minimum Gasteiger partial charge on any atom is -0.493 e. The molecule has 7 nitrogen and oxygen atoms in total. The number of benzene rings is 2. The van der Waals surface area contributed by atoms with E-state index in [4.69, 9.17) is 9.47 Å². The van der Waals surface area contributed by atoms with E-state index in [1.54, 1.807) is 0 Å². The second-order valence-corrected chi connectivity index (χ2v) is 8.06. The molecule has 0 saturated carbocycles. The van der Waals surface area contributed by atoms with Gasteiger partial charge >= 0.3 is 0 Å². The summed E-state index contributed by atoms with van der Waals surface area (Å²) in [4.78, 5) is 12.3. The normalized spacial score (nSPS) is 11.3. The molecule has 2 aromatic carbocycles. The van der Waals surface area contributed by atoms with Crippen LogP contribution in [0.2, 0.25) is 0 Å². The fraction of sp³-hybridized carbons (Fsp3) is 0.350. The number of methoxy groups -OCH3 is 2. The van der Waals surface area contributed by atoms with E-state index in [0.717, 1.165) is 16.3 Å². The van der Waals surface area contributed by atoms with Gasteiger partial charge in [-0.25, -0.2) is 8.42 Å². The first-order chi connectivity index (χ1) is 13.4. The molecule has 0 aliphatic carbocycles. The van der Waals surface area contributed by atoms with E-state index in [-0.39, 0.29) is 23.9 Å². The Morgan fingerprint density at radius 1 is 1.04 bits per heavy atom. The zero-order valence-electron chi connectivity index (χ0n) is 16.3. The van der Waals surface area contributed by atoms with Gasteiger partial charge in [0.2, 0.25) is 15.9 Å².